The molecule has 0 saturated carbocycles. The summed E-state index contributed by atoms with van der Waals surface area (Å²) in [6.07, 6.45) is -0.555. The Hall–Kier alpha value is -4.50. The van der Waals surface area contributed by atoms with Crippen molar-refractivity contribution in [3.05, 3.63) is 103 Å². The summed E-state index contributed by atoms with van der Waals surface area (Å²) >= 11 is 12.0. The van der Waals surface area contributed by atoms with Gasteiger partial charge in [-0.1, -0.05) is 35.3 Å². The van der Waals surface area contributed by atoms with E-state index in [1.54, 1.807) is 0 Å². The molecule has 0 radical (unpaired) electrons. The van der Waals surface area contributed by atoms with Crippen molar-refractivity contribution < 1.29 is 27.9 Å². The van der Waals surface area contributed by atoms with Crippen LogP contribution < -0.4 is 27.3 Å². The van der Waals surface area contributed by atoms with Crippen LogP contribution in [-0.2, 0) is 31.0 Å². The van der Waals surface area contributed by atoms with Gasteiger partial charge in [-0.2, -0.15) is 4.68 Å². The van der Waals surface area contributed by atoms with Crippen LogP contribution in [0.4, 0.5) is 5.69 Å². The summed E-state index contributed by atoms with van der Waals surface area (Å²) in [6.45, 7) is 1.10. The summed E-state index contributed by atoms with van der Waals surface area (Å²) < 4.78 is 27.9. The number of carboxylic acids is 1. The Morgan fingerprint density at radius 2 is 1.58 bits per heavy atom. The van der Waals surface area contributed by atoms with E-state index in [1.807, 2.05) is 0 Å². The highest BCUT2D eigenvalue weighted by Gasteiger charge is 2.29. The minimum Gasteiger partial charge on any atom is -0.481 e. The topological polar surface area (TPSA) is 191 Å². The fourth-order valence-electron chi connectivity index (χ4n) is 4.16. The minimum absolute atomic E-state index is 0.0325. The third kappa shape index (κ3) is 6.46. The summed E-state index contributed by atoms with van der Waals surface area (Å²) in [7, 11) is -4.77. The molecule has 13 nitrogen and oxygen atoms in total. The quantitative estimate of drug-likeness (QED) is 0.243. The van der Waals surface area contributed by atoms with Gasteiger partial charge in [-0.15, -0.1) is 3.97 Å². The molecule has 0 spiro atoms. The summed E-state index contributed by atoms with van der Waals surface area (Å²) in [5.41, 5.74) is 3.53. The zero-order valence-electron chi connectivity index (χ0n) is 22.2. The zero-order valence-corrected chi connectivity index (χ0v) is 24.6. The van der Waals surface area contributed by atoms with E-state index in [2.05, 4.69) is 5.32 Å². The van der Waals surface area contributed by atoms with Crippen LogP contribution in [0.5, 0.6) is 0 Å². The average Bonchev–Trinajstić information content (AvgIpc) is 2.93. The van der Waals surface area contributed by atoms with E-state index in [1.165, 1.54) is 54.6 Å². The Kier molecular flexibility index (Phi) is 9.06. The predicted molar refractivity (Wildman–Crippen MR) is 159 cm³/mol. The number of carboxylic acid groups (broad SMARTS) is 1. The highest BCUT2D eigenvalue weighted by molar-refractivity contribution is 7.90. The number of nitrogens with two attached hydrogens (primary N) is 1. The number of hydrogen-bond donors (Lipinski definition) is 3. The van der Waals surface area contributed by atoms with Crippen LogP contribution in [0.2, 0.25) is 10.0 Å². The maximum atomic E-state index is 13.9. The van der Waals surface area contributed by atoms with Crippen LogP contribution in [0, 0.1) is 0 Å². The molecule has 0 aliphatic carbocycles. The molecular formula is C27H23Cl2N5O8S. The first-order valence-corrected chi connectivity index (χ1v) is 14.6. The molecule has 4 aromatic rings. The van der Waals surface area contributed by atoms with E-state index in [4.69, 9.17) is 34.0 Å². The van der Waals surface area contributed by atoms with Crippen molar-refractivity contribution in [1.82, 2.24) is 14.0 Å². The molecule has 1 heterocycles. The number of aliphatic carboxylic acids is 1. The average molecular weight is 648 g/mol. The molecule has 0 bridgehead atoms. The second-order valence-electron chi connectivity index (χ2n) is 9.20. The molecule has 0 aliphatic heterocycles. The lowest BCUT2D eigenvalue weighted by molar-refractivity contribution is -0.139. The van der Waals surface area contributed by atoms with Crippen molar-refractivity contribution in [2.45, 2.75) is 30.8 Å². The van der Waals surface area contributed by atoms with Crippen LogP contribution in [0.25, 0.3) is 10.9 Å². The van der Waals surface area contributed by atoms with Crippen LogP contribution in [0.15, 0.2) is 81.2 Å². The van der Waals surface area contributed by atoms with E-state index >= 15 is 0 Å². The first-order chi connectivity index (χ1) is 20.2. The molecule has 43 heavy (non-hydrogen) atoms. The van der Waals surface area contributed by atoms with Crippen LogP contribution in [0.1, 0.15) is 18.9 Å². The summed E-state index contributed by atoms with van der Waals surface area (Å²) in [4.78, 5) is 62.8. The third-order valence-corrected chi connectivity index (χ3v) is 8.34. The van der Waals surface area contributed by atoms with E-state index in [0.717, 1.165) is 28.7 Å². The highest BCUT2D eigenvalue weighted by Crippen LogP contribution is 2.23. The molecule has 16 heteroatoms. The predicted octanol–water partition coefficient (Wildman–Crippen LogP) is 1.94. The number of anilines is 1. The number of hydrogen-bond acceptors (Lipinski definition) is 8. The Balaban J connectivity index is 1.84. The van der Waals surface area contributed by atoms with Gasteiger partial charge in [-0.3, -0.25) is 19.2 Å². The summed E-state index contributed by atoms with van der Waals surface area (Å²) in [5, 5.41) is 12.3. The lowest BCUT2D eigenvalue weighted by Crippen LogP contribution is -2.51. The first kappa shape index (κ1) is 31.4. The molecule has 2 amide bonds. The lowest BCUT2D eigenvalue weighted by atomic mass is 10.1. The van der Waals surface area contributed by atoms with Crippen LogP contribution in [-0.4, -0.2) is 46.0 Å². The fourth-order valence-corrected chi connectivity index (χ4v) is 5.74. The van der Waals surface area contributed by atoms with E-state index in [9.17, 15) is 32.4 Å². The lowest BCUT2D eigenvalue weighted by Gasteiger charge is -2.26. The van der Waals surface area contributed by atoms with Crippen molar-refractivity contribution in [3.63, 3.8) is 0 Å². The molecule has 1 aromatic heterocycles. The Labute approximate surface area is 253 Å². The minimum atomic E-state index is -4.77. The molecule has 0 unspecified atom stereocenters. The fraction of sp³-hybridized carbons (Fsp3) is 0.148. The number of carbonyl (C=O) groups is 3. The zero-order chi connectivity index (χ0) is 31.6. The Morgan fingerprint density at radius 3 is 2.16 bits per heavy atom. The number of amides is 2. The molecule has 224 valence electrons. The van der Waals surface area contributed by atoms with Gasteiger partial charge in [0.1, 0.15) is 0 Å². The molecular weight excluding hydrogens is 625 g/mol. The first-order valence-electron chi connectivity index (χ1n) is 12.4. The van der Waals surface area contributed by atoms with E-state index < -0.39 is 51.5 Å². The van der Waals surface area contributed by atoms with Crippen molar-refractivity contribution in [3.8, 4) is 0 Å². The number of nitrogens with zero attached hydrogens (tertiary/aromatic N) is 3. The molecule has 4 rings (SSSR count). The molecule has 0 saturated heterocycles. The van der Waals surface area contributed by atoms with Gasteiger partial charge in [-0.05, 0) is 60.2 Å². The van der Waals surface area contributed by atoms with E-state index in [0.29, 0.717) is 5.56 Å². The molecule has 0 aliphatic rings. The van der Waals surface area contributed by atoms with Gasteiger partial charge in [0, 0.05) is 23.5 Å². The van der Waals surface area contributed by atoms with Crippen molar-refractivity contribution >= 4 is 67.6 Å². The van der Waals surface area contributed by atoms with E-state index in [-0.39, 0.29) is 42.0 Å². The number of nitrogens with one attached hydrogen (secondary N) is 1. The molecule has 3 aromatic carbocycles. The summed E-state index contributed by atoms with van der Waals surface area (Å²) in [5.74, 6) is -2.64. The van der Waals surface area contributed by atoms with Gasteiger partial charge in [-0.25, -0.2) is 18.2 Å². The van der Waals surface area contributed by atoms with Gasteiger partial charge in [0.2, 0.25) is 11.8 Å². The van der Waals surface area contributed by atoms with Crippen molar-refractivity contribution in [1.29, 1.82) is 0 Å². The number of halogens is 2. The largest absolute Gasteiger partial charge is 0.481 e. The number of fused-ring (bicyclic) bond motifs is 1. The maximum absolute atomic E-state index is 13.9. The molecule has 4 N–H and O–H groups in total. The Morgan fingerprint density at radius 1 is 0.977 bits per heavy atom. The maximum Gasteiger partial charge on any atom is 0.365 e. The molecule has 1 atom stereocenters. The Bertz CT molecular complexity index is 1970. The smallest absolute Gasteiger partial charge is 0.365 e. The SMILES string of the molecule is CC(=O)N(c1ccc(CNC(=O)[C@@H](N)CC(=O)O)cc1)n1c(=O)n(S(=O)(=O)c2ccc(Cl)cc2)c(=O)c2ccc(Cl)cc21. The standard InChI is InChI=1S/C27H23Cl2N5O8S/c1-15(35)32(19-7-2-16(3-8-19)14-31-25(38)22(30)13-24(36)37)33-23-12-18(29)6-11-21(23)26(39)34(27(33)40)43(41,42)20-9-4-17(28)5-10-20/h2-12,22H,13-14,30H2,1H3,(H,31,38)(H,36,37)/t22-/m0/s1. The number of benzene rings is 3. The highest BCUT2D eigenvalue weighted by atomic mass is 35.5. The number of carbonyl (C=O) groups excluding carboxylic acids is 2. The number of aromatic nitrogens is 2. The van der Waals surface area contributed by atoms with Crippen LogP contribution >= 0.6 is 23.2 Å². The number of rotatable bonds is 9. The van der Waals surface area contributed by atoms with Crippen molar-refractivity contribution in [2.75, 3.05) is 5.01 Å². The van der Waals surface area contributed by atoms with Gasteiger partial charge < -0.3 is 16.2 Å². The summed E-state index contributed by atoms with van der Waals surface area (Å²) in [6, 6.07) is 13.3. The monoisotopic (exact) mass is 647 g/mol. The normalized spacial score (nSPS) is 12.1. The second-order valence-corrected chi connectivity index (χ2v) is 11.9. The molecule has 0 fully saturated rings. The van der Waals surface area contributed by atoms with Gasteiger partial charge >= 0.3 is 11.7 Å². The van der Waals surface area contributed by atoms with Gasteiger partial charge in [0.15, 0.2) is 0 Å². The van der Waals surface area contributed by atoms with Crippen LogP contribution in [0.3, 0.4) is 0 Å². The van der Waals surface area contributed by atoms with Gasteiger partial charge in [0.25, 0.3) is 15.6 Å². The second kappa shape index (κ2) is 12.4. The van der Waals surface area contributed by atoms with Crippen molar-refractivity contribution in [2.24, 2.45) is 5.73 Å². The third-order valence-electron chi connectivity index (χ3n) is 6.19. The van der Waals surface area contributed by atoms with Gasteiger partial charge in [0.05, 0.1) is 33.9 Å².